The predicted molar refractivity (Wildman–Crippen MR) is 95.4 cm³/mol. The number of fused-ring (bicyclic) bond motifs is 3. The number of ether oxygens (including phenoxy) is 2. The molecule has 3 heterocycles. The van der Waals surface area contributed by atoms with Gasteiger partial charge in [0.05, 0.1) is 16.9 Å². The van der Waals surface area contributed by atoms with Gasteiger partial charge in [-0.2, -0.15) is 0 Å². The third-order valence-electron chi connectivity index (χ3n) is 4.82. The third-order valence-corrected chi connectivity index (χ3v) is 4.82. The molecule has 0 saturated carbocycles. The number of carbonyl (C=O) groups excluding carboxylic acids is 1. The van der Waals surface area contributed by atoms with Crippen LogP contribution in [0.4, 0.5) is 0 Å². The minimum absolute atomic E-state index is 0.00125. The van der Waals surface area contributed by atoms with E-state index in [1.807, 2.05) is 24.3 Å². The van der Waals surface area contributed by atoms with Gasteiger partial charge in [-0.3, -0.25) is 9.36 Å². The van der Waals surface area contributed by atoms with E-state index in [2.05, 4.69) is 4.98 Å². The van der Waals surface area contributed by atoms with Crippen molar-refractivity contribution in [1.82, 2.24) is 9.55 Å². The number of benzene rings is 2. The standard InChI is InChI=1S/C20H14N2O5/c23-19-14-3-2-13(20(24)25)9-15(14)21-18-12(5-6-22(18)19)7-11-1-4-16-17(8-11)27-10-26-16/h1-4,7-9H,5-6,10H2,(H,24,25)/p-1/b12-7+. The molecule has 0 saturated heterocycles. The van der Waals surface area contributed by atoms with Gasteiger partial charge in [0.15, 0.2) is 11.5 Å². The van der Waals surface area contributed by atoms with Gasteiger partial charge in [-0.25, -0.2) is 4.98 Å². The van der Waals surface area contributed by atoms with E-state index in [-0.39, 0.29) is 17.9 Å². The van der Waals surface area contributed by atoms with Crippen LogP contribution in [0.1, 0.15) is 28.2 Å². The van der Waals surface area contributed by atoms with Gasteiger partial charge in [0.1, 0.15) is 5.82 Å². The molecule has 3 aromatic rings. The molecule has 1 aromatic heterocycles. The Morgan fingerprint density at radius 2 is 2.00 bits per heavy atom. The van der Waals surface area contributed by atoms with E-state index in [1.165, 1.54) is 18.2 Å². The molecule has 2 aromatic carbocycles. The van der Waals surface area contributed by atoms with E-state index in [4.69, 9.17) is 9.47 Å². The lowest BCUT2D eigenvalue weighted by Crippen LogP contribution is -2.23. The van der Waals surface area contributed by atoms with Crippen molar-refractivity contribution in [3.8, 4) is 11.5 Å². The second-order valence-corrected chi connectivity index (χ2v) is 6.44. The lowest BCUT2D eigenvalue weighted by Gasteiger charge is -2.08. The van der Waals surface area contributed by atoms with Gasteiger partial charge < -0.3 is 19.4 Å². The third kappa shape index (κ3) is 2.47. The minimum Gasteiger partial charge on any atom is -0.545 e. The number of aromatic carboxylic acids is 1. The van der Waals surface area contributed by atoms with Crippen molar-refractivity contribution in [2.24, 2.45) is 0 Å². The van der Waals surface area contributed by atoms with Crippen molar-refractivity contribution in [3.63, 3.8) is 0 Å². The summed E-state index contributed by atoms with van der Waals surface area (Å²) in [6.45, 7) is 0.748. The van der Waals surface area contributed by atoms with E-state index in [0.717, 1.165) is 11.1 Å². The van der Waals surface area contributed by atoms with Crippen LogP contribution in [-0.4, -0.2) is 22.3 Å². The Hall–Kier alpha value is -3.61. The number of hydrogen-bond acceptors (Lipinski definition) is 6. The van der Waals surface area contributed by atoms with E-state index in [9.17, 15) is 14.7 Å². The van der Waals surface area contributed by atoms with E-state index >= 15 is 0 Å². The molecule has 2 aliphatic rings. The number of carboxylic acid groups (broad SMARTS) is 1. The van der Waals surface area contributed by atoms with Crippen LogP contribution in [0.2, 0.25) is 0 Å². The number of aromatic nitrogens is 2. The molecule has 7 nitrogen and oxygen atoms in total. The zero-order valence-electron chi connectivity index (χ0n) is 14.1. The van der Waals surface area contributed by atoms with Crippen molar-refractivity contribution >= 4 is 28.5 Å². The van der Waals surface area contributed by atoms with Crippen LogP contribution in [0.5, 0.6) is 11.5 Å². The summed E-state index contributed by atoms with van der Waals surface area (Å²) in [4.78, 5) is 28.4. The SMILES string of the molecule is O=C([O-])c1ccc2c(=O)n3c(nc2c1)/C(=C/c1ccc2c(c1)OCO2)CC3. The molecule has 27 heavy (non-hydrogen) atoms. The van der Waals surface area contributed by atoms with Gasteiger partial charge in [-0.1, -0.05) is 12.1 Å². The quantitative estimate of drug-likeness (QED) is 0.686. The minimum atomic E-state index is -1.30. The number of rotatable bonds is 2. The fraction of sp³-hybridized carbons (Fsp3) is 0.150. The van der Waals surface area contributed by atoms with Crippen molar-refractivity contribution in [2.75, 3.05) is 6.79 Å². The molecule has 0 spiro atoms. The number of hydrogen-bond donors (Lipinski definition) is 0. The predicted octanol–water partition coefficient (Wildman–Crippen LogP) is 1.43. The highest BCUT2D eigenvalue weighted by Crippen LogP contribution is 2.34. The van der Waals surface area contributed by atoms with Crippen LogP contribution < -0.4 is 20.1 Å². The fourth-order valence-corrected chi connectivity index (χ4v) is 3.49. The van der Waals surface area contributed by atoms with E-state index in [1.54, 1.807) is 4.57 Å². The van der Waals surface area contributed by atoms with Gasteiger partial charge in [0.2, 0.25) is 6.79 Å². The van der Waals surface area contributed by atoms with Crippen LogP contribution in [0.3, 0.4) is 0 Å². The number of nitrogens with zero attached hydrogens (tertiary/aromatic N) is 2. The Morgan fingerprint density at radius 1 is 1.15 bits per heavy atom. The largest absolute Gasteiger partial charge is 0.545 e. The van der Waals surface area contributed by atoms with Crippen LogP contribution >= 0.6 is 0 Å². The molecule has 134 valence electrons. The first-order valence-corrected chi connectivity index (χ1v) is 8.47. The Bertz CT molecular complexity index is 1210. The molecular weight excluding hydrogens is 348 g/mol. The molecule has 0 amide bonds. The Balaban J connectivity index is 1.64. The number of allylic oxidation sites excluding steroid dienone is 1. The summed E-state index contributed by atoms with van der Waals surface area (Å²) in [6, 6.07) is 9.87. The molecule has 2 aliphatic heterocycles. The molecule has 7 heteroatoms. The first kappa shape index (κ1) is 15.6. The fourth-order valence-electron chi connectivity index (χ4n) is 3.49. The van der Waals surface area contributed by atoms with E-state index in [0.29, 0.717) is 41.2 Å². The first-order valence-electron chi connectivity index (χ1n) is 8.47. The topological polar surface area (TPSA) is 93.5 Å². The Morgan fingerprint density at radius 3 is 2.85 bits per heavy atom. The average molecular weight is 361 g/mol. The maximum absolute atomic E-state index is 12.7. The zero-order chi connectivity index (χ0) is 18.5. The maximum Gasteiger partial charge on any atom is 0.261 e. The lowest BCUT2D eigenvalue weighted by molar-refractivity contribution is -0.255. The molecule has 0 N–H and O–H groups in total. The monoisotopic (exact) mass is 361 g/mol. The smallest absolute Gasteiger partial charge is 0.261 e. The van der Waals surface area contributed by atoms with Crippen molar-refractivity contribution in [3.05, 3.63) is 63.7 Å². The zero-order valence-corrected chi connectivity index (χ0v) is 14.1. The molecule has 0 aliphatic carbocycles. The maximum atomic E-state index is 12.7. The van der Waals surface area contributed by atoms with Gasteiger partial charge in [0, 0.05) is 6.54 Å². The molecule has 0 atom stereocenters. The summed E-state index contributed by atoms with van der Waals surface area (Å²) in [7, 11) is 0. The van der Waals surface area contributed by atoms with Crippen molar-refractivity contribution in [1.29, 1.82) is 0 Å². The van der Waals surface area contributed by atoms with Crippen LogP contribution in [0.25, 0.3) is 22.6 Å². The summed E-state index contributed by atoms with van der Waals surface area (Å²) in [6.07, 6.45) is 2.63. The van der Waals surface area contributed by atoms with Gasteiger partial charge in [-0.15, -0.1) is 0 Å². The number of carbonyl (C=O) groups is 1. The molecular formula is C20H13N2O5-. The molecule has 0 fully saturated rings. The normalized spacial score (nSPS) is 16.1. The van der Waals surface area contributed by atoms with E-state index < -0.39 is 5.97 Å². The summed E-state index contributed by atoms with van der Waals surface area (Å²) < 4.78 is 12.3. The highest BCUT2D eigenvalue weighted by molar-refractivity contribution is 5.92. The summed E-state index contributed by atoms with van der Waals surface area (Å²) in [5.74, 6) is 0.653. The highest BCUT2D eigenvalue weighted by Gasteiger charge is 2.21. The summed E-state index contributed by atoms with van der Waals surface area (Å²) in [5.41, 5.74) is 2.01. The van der Waals surface area contributed by atoms with Gasteiger partial charge in [-0.05, 0) is 53.5 Å². The molecule has 0 bridgehead atoms. The lowest BCUT2D eigenvalue weighted by atomic mass is 10.1. The van der Waals surface area contributed by atoms with Crippen molar-refractivity contribution < 1.29 is 19.4 Å². The summed E-state index contributed by atoms with van der Waals surface area (Å²) in [5, 5.41) is 11.5. The summed E-state index contributed by atoms with van der Waals surface area (Å²) >= 11 is 0. The second-order valence-electron chi connectivity index (χ2n) is 6.44. The van der Waals surface area contributed by atoms with Crippen LogP contribution in [-0.2, 0) is 6.54 Å². The van der Waals surface area contributed by atoms with Crippen LogP contribution in [0.15, 0.2) is 41.2 Å². The van der Waals surface area contributed by atoms with Crippen LogP contribution in [0, 0.1) is 0 Å². The highest BCUT2D eigenvalue weighted by atomic mass is 16.7. The first-order chi connectivity index (χ1) is 13.1. The molecule has 5 rings (SSSR count). The van der Waals surface area contributed by atoms with Gasteiger partial charge >= 0.3 is 0 Å². The van der Waals surface area contributed by atoms with Crippen molar-refractivity contribution in [2.45, 2.75) is 13.0 Å². The average Bonchev–Trinajstić information content (AvgIpc) is 3.28. The molecule has 0 unspecified atom stereocenters. The molecule has 0 radical (unpaired) electrons. The Kier molecular flexibility index (Phi) is 3.30. The second kappa shape index (κ2) is 5.70. The number of carboxylic acids is 1. The van der Waals surface area contributed by atoms with Gasteiger partial charge in [0.25, 0.3) is 5.56 Å². The Labute approximate surface area is 153 Å².